The summed E-state index contributed by atoms with van der Waals surface area (Å²) in [5.41, 5.74) is 1.77. The highest BCUT2D eigenvalue weighted by atomic mass is 19.1. The fourth-order valence-corrected chi connectivity index (χ4v) is 3.62. The van der Waals surface area contributed by atoms with Crippen LogP contribution in [0, 0.1) is 5.82 Å². The molecule has 28 heavy (non-hydrogen) atoms. The molecule has 1 heterocycles. The third kappa shape index (κ3) is 5.01. The van der Waals surface area contributed by atoms with Crippen molar-refractivity contribution in [3.63, 3.8) is 0 Å². The van der Waals surface area contributed by atoms with Crippen LogP contribution in [0.15, 0.2) is 42.5 Å². The first-order valence-electron chi connectivity index (χ1n) is 9.58. The summed E-state index contributed by atoms with van der Waals surface area (Å²) in [6.45, 7) is 2.57. The van der Waals surface area contributed by atoms with Gasteiger partial charge in [0.15, 0.2) is 11.6 Å². The summed E-state index contributed by atoms with van der Waals surface area (Å²) in [6, 6.07) is 12.7. The van der Waals surface area contributed by atoms with Crippen LogP contribution in [-0.2, 0) is 11.2 Å². The van der Waals surface area contributed by atoms with Gasteiger partial charge in [-0.25, -0.2) is 4.39 Å². The Morgan fingerprint density at radius 3 is 2.43 bits per heavy atom. The number of hydrogen-bond acceptors (Lipinski definition) is 4. The number of likely N-dealkylation sites (tertiary alicyclic amines) is 1. The standard InChI is InChI=1S/C22H27FN2O3/c1-27-18-8-6-17(7-9-18)20(25-11-3-4-12-25)15-24-22(26)14-16-5-10-21(28-2)19(23)13-16/h5-10,13,20H,3-4,11-12,14-15H2,1-2H3,(H,24,26)/t20-/m1/s1. The number of carbonyl (C=O) groups excluding carboxylic acids is 1. The second kappa shape index (κ2) is 9.55. The summed E-state index contributed by atoms with van der Waals surface area (Å²) in [7, 11) is 3.07. The van der Waals surface area contributed by atoms with Gasteiger partial charge in [0, 0.05) is 6.54 Å². The lowest BCUT2D eigenvalue weighted by Crippen LogP contribution is -2.37. The lowest BCUT2D eigenvalue weighted by atomic mass is 10.0. The van der Waals surface area contributed by atoms with Gasteiger partial charge in [-0.2, -0.15) is 0 Å². The monoisotopic (exact) mass is 386 g/mol. The molecule has 2 aromatic carbocycles. The molecule has 1 amide bonds. The van der Waals surface area contributed by atoms with E-state index in [9.17, 15) is 9.18 Å². The largest absolute Gasteiger partial charge is 0.497 e. The van der Waals surface area contributed by atoms with E-state index >= 15 is 0 Å². The first-order valence-corrected chi connectivity index (χ1v) is 9.58. The van der Waals surface area contributed by atoms with E-state index < -0.39 is 5.82 Å². The molecule has 0 unspecified atom stereocenters. The molecule has 0 radical (unpaired) electrons. The molecule has 1 atom stereocenters. The molecule has 3 rings (SSSR count). The second-order valence-corrected chi connectivity index (χ2v) is 6.98. The third-order valence-electron chi connectivity index (χ3n) is 5.16. The van der Waals surface area contributed by atoms with Gasteiger partial charge in [-0.15, -0.1) is 0 Å². The average molecular weight is 386 g/mol. The maximum Gasteiger partial charge on any atom is 0.224 e. The maximum absolute atomic E-state index is 13.8. The Balaban J connectivity index is 1.63. The quantitative estimate of drug-likeness (QED) is 0.756. The van der Waals surface area contributed by atoms with E-state index in [0.29, 0.717) is 12.1 Å². The molecule has 0 bridgehead atoms. The van der Waals surface area contributed by atoms with Crippen molar-refractivity contribution in [2.45, 2.75) is 25.3 Å². The van der Waals surface area contributed by atoms with Crippen LogP contribution in [0.3, 0.4) is 0 Å². The molecule has 0 aromatic heterocycles. The van der Waals surface area contributed by atoms with Gasteiger partial charge >= 0.3 is 0 Å². The van der Waals surface area contributed by atoms with Gasteiger partial charge in [0.1, 0.15) is 5.75 Å². The van der Waals surface area contributed by atoms with Crippen LogP contribution in [-0.4, -0.2) is 44.7 Å². The molecule has 1 N–H and O–H groups in total. The topological polar surface area (TPSA) is 50.8 Å². The Bertz CT molecular complexity index is 789. The molecule has 150 valence electrons. The lowest BCUT2D eigenvalue weighted by molar-refractivity contribution is -0.120. The molecular formula is C22H27FN2O3. The van der Waals surface area contributed by atoms with Crippen molar-refractivity contribution in [2.24, 2.45) is 0 Å². The number of halogens is 1. The SMILES string of the molecule is COc1ccc([C@@H](CNC(=O)Cc2ccc(OC)c(F)c2)N2CCCC2)cc1. The molecule has 6 heteroatoms. The molecule has 1 aliphatic rings. The summed E-state index contributed by atoms with van der Waals surface area (Å²) in [4.78, 5) is 14.8. The van der Waals surface area contributed by atoms with Gasteiger partial charge in [0.05, 0.1) is 26.7 Å². The number of hydrogen-bond donors (Lipinski definition) is 1. The maximum atomic E-state index is 13.8. The number of rotatable bonds is 8. The highest BCUT2D eigenvalue weighted by Crippen LogP contribution is 2.26. The Labute approximate surface area is 165 Å². The molecule has 2 aromatic rings. The van der Waals surface area contributed by atoms with Crippen molar-refractivity contribution in [2.75, 3.05) is 33.9 Å². The number of carbonyl (C=O) groups is 1. The van der Waals surface area contributed by atoms with E-state index in [1.165, 1.54) is 26.0 Å². The smallest absolute Gasteiger partial charge is 0.224 e. The molecule has 1 saturated heterocycles. The van der Waals surface area contributed by atoms with Crippen molar-refractivity contribution in [1.82, 2.24) is 10.2 Å². The van der Waals surface area contributed by atoms with Gasteiger partial charge in [-0.1, -0.05) is 18.2 Å². The molecule has 5 nitrogen and oxygen atoms in total. The van der Waals surface area contributed by atoms with Crippen molar-refractivity contribution in [1.29, 1.82) is 0 Å². The van der Waals surface area contributed by atoms with E-state index in [1.807, 2.05) is 24.3 Å². The van der Waals surface area contributed by atoms with Gasteiger partial charge < -0.3 is 14.8 Å². The van der Waals surface area contributed by atoms with Crippen molar-refractivity contribution >= 4 is 5.91 Å². The van der Waals surface area contributed by atoms with Crippen molar-refractivity contribution < 1.29 is 18.7 Å². The summed E-state index contributed by atoms with van der Waals surface area (Å²) in [5.74, 6) is 0.413. The summed E-state index contributed by atoms with van der Waals surface area (Å²) in [5, 5.41) is 3.02. The van der Waals surface area contributed by atoms with Crippen LogP contribution >= 0.6 is 0 Å². The highest BCUT2D eigenvalue weighted by molar-refractivity contribution is 5.78. The fourth-order valence-electron chi connectivity index (χ4n) is 3.62. The number of methoxy groups -OCH3 is 2. The number of ether oxygens (including phenoxy) is 2. The minimum atomic E-state index is -0.457. The van der Waals surface area contributed by atoms with E-state index in [-0.39, 0.29) is 24.1 Å². The number of nitrogens with zero attached hydrogens (tertiary/aromatic N) is 1. The van der Waals surface area contributed by atoms with Crippen molar-refractivity contribution in [3.05, 3.63) is 59.4 Å². The molecular weight excluding hydrogens is 359 g/mol. The molecule has 0 spiro atoms. The third-order valence-corrected chi connectivity index (χ3v) is 5.16. The van der Waals surface area contributed by atoms with Crippen LogP contribution in [0.2, 0.25) is 0 Å². The predicted octanol–water partition coefficient (Wildman–Crippen LogP) is 3.34. The van der Waals surface area contributed by atoms with Crippen LogP contribution in [0.1, 0.15) is 30.0 Å². The zero-order chi connectivity index (χ0) is 19.9. The highest BCUT2D eigenvalue weighted by Gasteiger charge is 2.24. The summed E-state index contributed by atoms with van der Waals surface area (Å²) >= 11 is 0. The van der Waals surface area contributed by atoms with Gasteiger partial charge in [0.25, 0.3) is 0 Å². The van der Waals surface area contributed by atoms with Crippen LogP contribution < -0.4 is 14.8 Å². The minimum Gasteiger partial charge on any atom is -0.497 e. The van der Waals surface area contributed by atoms with E-state index in [4.69, 9.17) is 9.47 Å². The Morgan fingerprint density at radius 1 is 1.11 bits per heavy atom. The van der Waals surface area contributed by atoms with E-state index in [0.717, 1.165) is 24.4 Å². The second-order valence-electron chi connectivity index (χ2n) is 6.98. The van der Waals surface area contributed by atoms with E-state index in [2.05, 4.69) is 10.2 Å². The number of amides is 1. The molecule has 1 fully saturated rings. The lowest BCUT2D eigenvalue weighted by Gasteiger charge is -2.28. The molecule has 0 aliphatic carbocycles. The van der Waals surface area contributed by atoms with Crippen LogP contribution in [0.4, 0.5) is 4.39 Å². The molecule has 1 aliphatic heterocycles. The normalized spacial score (nSPS) is 15.2. The van der Waals surface area contributed by atoms with E-state index in [1.54, 1.807) is 19.2 Å². The Kier molecular flexibility index (Phi) is 6.87. The summed E-state index contributed by atoms with van der Waals surface area (Å²) in [6.07, 6.45) is 2.48. The van der Waals surface area contributed by atoms with Gasteiger partial charge in [-0.3, -0.25) is 9.69 Å². The predicted molar refractivity (Wildman–Crippen MR) is 106 cm³/mol. The first kappa shape index (κ1) is 20.1. The number of nitrogens with one attached hydrogen (secondary N) is 1. The van der Waals surface area contributed by atoms with Crippen molar-refractivity contribution in [3.8, 4) is 11.5 Å². The average Bonchev–Trinajstić information content (AvgIpc) is 3.23. The minimum absolute atomic E-state index is 0.116. The fraction of sp³-hybridized carbons (Fsp3) is 0.409. The Hall–Kier alpha value is -2.60. The first-order chi connectivity index (χ1) is 13.6. The zero-order valence-electron chi connectivity index (χ0n) is 16.4. The number of benzene rings is 2. The van der Waals surface area contributed by atoms with Gasteiger partial charge in [0.2, 0.25) is 5.91 Å². The van der Waals surface area contributed by atoms with Crippen LogP contribution in [0.5, 0.6) is 11.5 Å². The zero-order valence-corrected chi connectivity index (χ0v) is 16.4. The Morgan fingerprint density at radius 2 is 1.82 bits per heavy atom. The molecule has 0 saturated carbocycles. The van der Waals surface area contributed by atoms with Crippen LogP contribution in [0.25, 0.3) is 0 Å². The summed E-state index contributed by atoms with van der Waals surface area (Å²) < 4.78 is 24.0. The van der Waals surface area contributed by atoms with Gasteiger partial charge in [-0.05, 0) is 61.3 Å².